The van der Waals surface area contributed by atoms with Gasteiger partial charge in [-0.2, -0.15) is 0 Å². The van der Waals surface area contributed by atoms with Crippen LogP contribution in [0.1, 0.15) is 103 Å². The molecule has 1 saturated carbocycles. The van der Waals surface area contributed by atoms with Crippen molar-refractivity contribution >= 4 is 35.4 Å². The molecule has 0 amide bonds. The number of phosphoric acid groups is 3. The maximum absolute atomic E-state index is 12.6. The molecule has 0 heterocycles. The lowest BCUT2D eigenvalue weighted by Crippen LogP contribution is -2.65. The van der Waals surface area contributed by atoms with Crippen molar-refractivity contribution in [1.82, 2.24) is 0 Å². The van der Waals surface area contributed by atoms with Crippen LogP contribution in [-0.2, 0) is 46.1 Å². The Labute approximate surface area is 279 Å². The van der Waals surface area contributed by atoms with Crippen molar-refractivity contribution in [2.45, 2.75) is 146 Å². The third-order valence-corrected chi connectivity index (χ3v) is 9.42. The van der Waals surface area contributed by atoms with Crippen LogP contribution in [0.4, 0.5) is 0 Å². The molecule has 4 unspecified atom stereocenters. The fourth-order valence-corrected chi connectivity index (χ4v) is 7.17. The summed E-state index contributed by atoms with van der Waals surface area (Å²) >= 11 is 0. The number of esters is 1. The Morgan fingerprint density at radius 3 is 1.48 bits per heavy atom. The Balaban J connectivity index is 2.63. The van der Waals surface area contributed by atoms with Gasteiger partial charge in [0.25, 0.3) is 0 Å². The summed E-state index contributed by atoms with van der Waals surface area (Å²) in [5, 5.41) is 40.3. The van der Waals surface area contributed by atoms with Gasteiger partial charge in [0, 0.05) is 6.42 Å². The van der Waals surface area contributed by atoms with Crippen molar-refractivity contribution < 1.29 is 91.0 Å². The second-order valence-corrected chi connectivity index (χ2v) is 15.4. The highest BCUT2D eigenvalue weighted by Crippen LogP contribution is 2.51. The average Bonchev–Trinajstić information content (AvgIpc) is 2.96. The van der Waals surface area contributed by atoms with Crippen molar-refractivity contribution in [2.24, 2.45) is 0 Å². The molecular formula is C26H51O19P3. The number of hydrogen-bond donors (Lipinski definition) is 9. The largest absolute Gasteiger partial charge is 0.481 e. The summed E-state index contributed by atoms with van der Waals surface area (Å²) in [7, 11) is -16.6. The molecule has 1 aliphatic rings. The zero-order valence-corrected chi connectivity index (χ0v) is 29.5. The number of ether oxygens (including phenoxy) is 1. The average molecular weight is 761 g/mol. The maximum atomic E-state index is 12.6. The number of aliphatic carboxylic acids is 1. The topological polar surface area (TPSA) is 314 Å². The van der Waals surface area contributed by atoms with Crippen molar-refractivity contribution in [1.29, 1.82) is 0 Å². The number of unbranched alkanes of at least 4 members (excludes halogenated alkanes) is 12. The summed E-state index contributed by atoms with van der Waals surface area (Å²) in [6.07, 6.45) is -3.43. The monoisotopic (exact) mass is 760 g/mol. The predicted octanol–water partition coefficient (Wildman–Crippen LogP) is 2.41. The zero-order chi connectivity index (χ0) is 36.5. The number of phosphoric ester groups is 3. The van der Waals surface area contributed by atoms with Gasteiger partial charge in [0.1, 0.15) is 42.7 Å². The number of aliphatic hydroxyl groups is 3. The molecule has 0 aromatic rings. The van der Waals surface area contributed by atoms with Crippen LogP contribution in [0, 0.1) is 0 Å². The molecule has 22 heteroatoms. The van der Waals surface area contributed by atoms with Crippen LogP contribution in [0.2, 0.25) is 0 Å². The normalized spacial score (nSPS) is 25.4. The molecule has 0 aliphatic heterocycles. The van der Waals surface area contributed by atoms with E-state index in [1.165, 1.54) is 44.9 Å². The van der Waals surface area contributed by atoms with Crippen LogP contribution in [0.15, 0.2) is 0 Å². The highest BCUT2D eigenvalue weighted by Gasteiger charge is 2.56. The van der Waals surface area contributed by atoms with Crippen molar-refractivity contribution in [3.05, 3.63) is 0 Å². The van der Waals surface area contributed by atoms with Crippen LogP contribution in [0.25, 0.3) is 0 Å². The number of aliphatic hydroxyl groups excluding tert-OH is 3. The lowest BCUT2D eigenvalue weighted by atomic mass is 9.85. The molecule has 1 fully saturated rings. The third-order valence-electron chi connectivity index (χ3n) is 7.40. The van der Waals surface area contributed by atoms with Gasteiger partial charge >= 0.3 is 35.4 Å². The summed E-state index contributed by atoms with van der Waals surface area (Å²) in [6, 6.07) is 0. The van der Waals surface area contributed by atoms with Gasteiger partial charge in [0.15, 0.2) is 0 Å². The van der Waals surface area contributed by atoms with E-state index in [-0.39, 0.29) is 6.42 Å². The van der Waals surface area contributed by atoms with Crippen molar-refractivity contribution in [2.75, 3.05) is 6.61 Å². The number of carbonyl (C=O) groups excluding carboxylic acids is 1. The highest BCUT2D eigenvalue weighted by atomic mass is 31.2. The van der Waals surface area contributed by atoms with Gasteiger partial charge in [-0.25, -0.2) is 13.7 Å². The first-order valence-electron chi connectivity index (χ1n) is 15.9. The molecule has 0 bridgehead atoms. The van der Waals surface area contributed by atoms with E-state index in [9.17, 15) is 43.5 Å². The van der Waals surface area contributed by atoms with Crippen LogP contribution in [0.5, 0.6) is 0 Å². The van der Waals surface area contributed by atoms with E-state index in [2.05, 4.69) is 25.0 Å². The number of carbonyl (C=O) groups is 2. The standard InChI is InChI=1S/C26H51O19P3/c1-2-3-4-5-6-7-8-9-10-11-12-13-14-15-20(29)42-18(16-19(27)28)17-41-48(39,40)45-24-21(30)22(31)25(43-46(33,34)35)26(23(24)32)44-47(36,37)38/h18,21-26,30-32H,2-17H2,1H3,(H,27,28)(H,39,40)(H2,33,34,35)(H2,36,37,38)/t18-,21+,22?,23?,24?,25+,26+/m1/s1. The second-order valence-electron chi connectivity index (χ2n) is 11.6. The lowest BCUT2D eigenvalue weighted by molar-refractivity contribution is -0.213. The van der Waals surface area contributed by atoms with E-state index in [0.29, 0.717) is 6.42 Å². The highest BCUT2D eigenvalue weighted by molar-refractivity contribution is 7.47. The van der Waals surface area contributed by atoms with Crippen LogP contribution in [-0.4, -0.2) is 106 Å². The summed E-state index contributed by atoms with van der Waals surface area (Å²) in [5.74, 6) is -2.25. The molecule has 0 radical (unpaired) electrons. The lowest BCUT2D eigenvalue weighted by Gasteiger charge is -2.44. The number of carboxylic acids is 1. The molecule has 284 valence electrons. The van der Waals surface area contributed by atoms with Gasteiger partial charge < -0.3 is 49.6 Å². The predicted molar refractivity (Wildman–Crippen MR) is 165 cm³/mol. The maximum Gasteiger partial charge on any atom is 0.472 e. The third kappa shape index (κ3) is 19.5. The van der Waals surface area contributed by atoms with E-state index in [1.807, 2.05) is 0 Å². The van der Waals surface area contributed by atoms with E-state index in [1.54, 1.807) is 0 Å². The first kappa shape index (κ1) is 45.2. The molecule has 0 saturated heterocycles. The fourth-order valence-electron chi connectivity index (χ4n) is 5.08. The Morgan fingerprint density at radius 2 is 1.04 bits per heavy atom. The number of hydrogen-bond acceptors (Lipinski definition) is 13. The van der Waals surface area contributed by atoms with E-state index < -0.39 is 91.2 Å². The molecule has 19 nitrogen and oxygen atoms in total. The van der Waals surface area contributed by atoms with E-state index in [0.717, 1.165) is 32.1 Å². The molecule has 0 aromatic carbocycles. The van der Waals surface area contributed by atoms with E-state index in [4.69, 9.17) is 29.4 Å². The number of carboxylic acid groups (broad SMARTS) is 1. The molecule has 1 rings (SSSR count). The fraction of sp³-hybridized carbons (Fsp3) is 0.923. The Kier molecular flexibility index (Phi) is 20.9. The Morgan fingerprint density at radius 1 is 0.625 bits per heavy atom. The molecular weight excluding hydrogens is 709 g/mol. The van der Waals surface area contributed by atoms with Gasteiger partial charge in [-0.1, -0.05) is 84.0 Å². The molecule has 48 heavy (non-hydrogen) atoms. The van der Waals surface area contributed by atoms with Gasteiger partial charge in [-0.3, -0.25) is 27.7 Å². The summed E-state index contributed by atoms with van der Waals surface area (Å²) < 4.78 is 58.2. The second kappa shape index (κ2) is 22.2. The quantitative estimate of drug-likeness (QED) is 0.0347. The van der Waals surface area contributed by atoms with Crippen LogP contribution >= 0.6 is 23.5 Å². The summed E-state index contributed by atoms with van der Waals surface area (Å²) in [4.78, 5) is 70.2. The van der Waals surface area contributed by atoms with Gasteiger partial charge in [-0.15, -0.1) is 0 Å². The summed E-state index contributed by atoms with van der Waals surface area (Å²) in [6.45, 7) is 1.16. The van der Waals surface area contributed by atoms with Gasteiger partial charge in [0.05, 0.1) is 13.0 Å². The molecule has 1 aliphatic carbocycles. The first-order chi connectivity index (χ1) is 22.3. The Bertz CT molecular complexity index is 1100. The van der Waals surface area contributed by atoms with Crippen LogP contribution < -0.4 is 0 Å². The van der Waals surface area contributed by atoms with Crippen molar-refractivity contribution in [3.63, 3.8) is 0 Å². The summed E-state index contributed by atoms with van der Waals surface area (Å²) in [5.41, 5.74) is 0. The molecule has 8 atom stereocenters. The molecule has 0 aromatic heterocycles. The Hall–Kier alpha value is -0.850. The number of rotatable bonds is 26. The van der Waals surface area contributed by atoms with Gasteiger partial charge in [0.2, 0.25) is 0 Å². The smallest absolute Gasteiger partial charge is 0.472 e. The van der Waals surface area contributed by atoms with Crippen LogP contribution in [0.3, 0.4) is 0 Å². The minimum Gasteiger partial charge on any atom is -0.481 e. The SMILES string of the molecule is CCCCCCCCCCCCCCCC(=O)O[C@@H](COP(=O)(O)OC1C(O)[C@H](OP(=O)(O)O)[C@@H](OP(=O)(O)O)C(O)[C@@H]1O)CC(=O)O. The minimum atomic E-state index is -5.58. The molecule has 9 N–H and O–H groups in total. The minimum absolute atomic E-state index is 0.0572. The van der Waals surface area contributed by atoms with Crippen molar-refractivity contribution in [3.8, 4) is 0 Å². The van der Waals surface area contributed by atoms with Gasteiger partial charge in [-0.05, 0) is 6.42 Å². The molecule has 0 spiro atoms. The van der Waals surface area contributed by atoms with E-state index >= 15 is 0 Å². The zero-order valence-electron chi connectivity index (χ0n) is 26.8. The first-order valence-corrected chi connectivity index (χ1v) is 20.4.